The van der Waals surface area contributed by atoms with E-state index in [2.05, 4.69) is 20.8 Å². The number of aromatic nitrogens is 4. The number of carbonyl (C=O) groups is 1. The highest BCUT2D eigenvalue weighted by atomic mass is 35.5. The summed E-state index contributed by atoms with van der Waals surface area (Å²) < 4.78 is 1.37. The molecule has 0 radical (unpaired) electrons. The molecular weight excluding hydrogens is 270 g/mol. The second-order valence-corrected chi connectivity index (χ2v) is 4.41. The Labute approximate surface area is 114 Å². The van der Waals surface area contributed by atoms with Gasteiger partial charge in [0.25, 0.3) is 5.91 Å². The Morgan fingerprint density at radius 2 is 2.37 bits per heavy atom. The number of benzene rings is 1. The number of nitrogens with one attached hydrogen (secondary N) is 1. The van der Waals surface area contributed by atoms with E-state index in [9.17, 15) is 4.79 Å². The number of rotatable bonds is 4. The van der Waals surface area contributed by atoms with E-state index in [1.165, 1.54) is 17.1 Å². The lowest BCUT2D eigenvalue weighted by molar-refractivity contribution is 0.0922. The van der Waals surface area contributed by atoms with E-state index < -0.39 is 0 Å². The van der Waals surface area contributed by atoms with Gasteiger partial charge < -0.3 is 10.4 Å². The van der Waals surface area contributed by atoms with Crippen molar-refractivity contribution < 1.29 is 9.90 Å². The molecule has 0 saturated carbocycles. The first-order chi connectivity index (χ1) is 9.11. The first-order valence-electron chi connectivity index (χ1n) is 5.56. The highest BCUT2D eigenvalue weighted by Crippen LogP contribution is 2.19. The Bertz CT molecular complexity index is 572. The number of tetrazole rings is 1. The molecule has 0 aliphatic rings. The van der Waals surface area contributed by atoms with Crippen LogP contribution in [0.25, 0.3) is 5.69 Å². The van der Waals surface area contributed by atoms with E-state index >= 15 is 0 Å². The summed E-state index contributed by atoms with van der Waals surface area (Å²) in [4.78, 5) is 12.1. The number of hydrogen-bond acceptors (Lipinski definition) is 5. The number of amides is 1. The second-order valence-electron chi connectivity index (χ2n) is 3.97. The molecule has 1 heterocycles. The minimum Gasteiger partial charge on any atom is -0.394 e. The van der Waals surface area contributed by atoms with Crippen LogP contribution in [0.2, 0.25) is 5.02 Å². The lowest BCUT2D eigenvalue weighted by atomic mass is 10.1. The molecule has 0 saturated heterocycles. The molecule has 0 aliphatic heterocycles. The lowest BCUT2D eigenvalue weighted by Crippen LogP contribution is -2.35. The van der Waals surface area contributed by atoms with Crippen molar-refractivity contribution in [1.82, 2.24) is 25.5 Å². The fourth-order valence-corrected chi connectivity index (χ4v) is 1.68. The van der Waals surface area contributed by atoms with E-state index in [1.807, 2.05) is 0 Å². The van der Waals surface area contributed by atoms with Gasteiger partial charge in [0.15, 0.2) is 0 Å². The summed E-state index contributed by atoms with van der Waals surface area (Å²) in [5.74, 6) is -0.352. The van der Waals surface area contributed by atoms with Crippen molar-refractivity contribution in [1.29, 1.82) is 0 Å². The standard InChI is InChI=1S/C11H12ClN5O2/c1-7(5-18)14-11(19)9-4-8(12)2-3-10(9)17-6-13-15-16-17/h2-4,6-7,18H,5H2,1H3,(H,14,19)/t7-/m0/s1. The van der Waals surface area contributed by atoms with Gasteiger partial charge >= 0.3 is 0 Å². The van der Waals surface area contributed by atoms with Crippen LogP contribution in [0.4, 0.5) is 0 Å². The van der Waals surface area contributed by atoms with E-state index in [0.717, 1.165) is 0 Å². The molecule has 7 nitrogen and oxygen atoms in total. The van der Waals surface area contributed by atoms with Gasteiger partial charge in [-0.25, -0.2) is 0 Å². The van der Waals surface area contributed by atoms with Crippen LogP contribution >= 0.6 is 11.6 Å². The molecule has 100 valence electrons. The van der Waals surface area contributed by atoms with Gasteiger partial charge in [-0.15, -0.1) is 5.10 Å². The van der Waals surface area contributed by atoms with Crippen molar-refractivity contribution in [2.24, 2.45) is 0 Å². The second kappa shape index (κ2) is 5.77. The fraction of sp³-hybridized carbons (Fsp3) is 0.273. The van der Waals surface area contributed by atoms with E-state index in [0.29, 0.717) is 16.3 Å². The molecule has 1 atom stereocenters. The summed E-state index contributed by atoms with van der Waals surface area (Å²) in [6, 6.07) is 4.47. The molecule has 0 aliphatic carbocycles. The molecule has 2 rings (SSSR count). The number of carbonyl (C=O) groups excluding carboxylic acids is 1. The first-order valence-corrected chi connectivity index (χ1v) is 5.94. The largest absolute Gasteiger partial charge is 0.394 e. The summed E-state index contributed by atoms with van der Waals surface area (Å²) in [6.07, 6.45) is 1.38. The average Bonchev–Trinajstić information content (AvgIpc) is 2.92. The lowest BCUT2D eigenvalue weighted by Gasteiger charge is -2.13. The molecule has 2 aromatic rings. The van der Waals surface area contributed by atoms with Gasteiger partial charge in [-0.1, -0.05) is 11.6 Å². The minimum absolute atomic E-state index is 0.146. The van der Waals surface area contributed by atoms with Crippen LogP contribution < -0.4 is 5.32 Å². The van der Waals surface area contributed by atoms with Gasteiger partial charge in [0.1, 0.15) is 6.33 Å². The molecule has 1 aromatic carbocycles. The van der Waals surface area contributed by atoms with Crippen LogP contribution in [0.15, 0.2) is 24.5 Å². The number of aliphatic hydroxyl groups excluding tert-OH is 1. The third kappa shape index (κ3) is 3.07. The Morgan fingerprint density at radius 1 is 1.58 bits per heavy atom. The summed E-state index contributed by atoms with van der Waals surface area (Å²) >= 11 is 5.90. The maximum Gasteiger partial charge on any atom is 0.253 e. The zero-order chi connectivity index (χ0) is 13.8. The van der Waals surface area contributed by atoms with E-state index in [4.69, 9.17) is 16.7 Å². The van der Waals surface area contributed by atoms with Crippen molar-refractivity contribution in [2.75, 3.05) is 6.61 Å². The number of nitrogens with zero attached hydrogens (tertiary/aromatic N) is 4. The number of hydrogen-bond donors (Lipinski definition) is 2. The predicted molar refractivity (Wildman–Crippen MR) is 68.2 cm³/mol. The molecule has 1 aromatic heterocycles. The smallest absolute Gasteiger partial charge is 0.253 e. The fourth-order valence-electron chi connectivity index (χ4n) is 1.51. The number of halogens is 1. The van der Waals surface area contributed by atoms with Crippen molar-refractivity contribution in [3.8, 4) is 5.69 Å². The summed E-state index contributed by atoms with van der Waals surface area (Å²) in [7, 11) is 0. The zero-order valence-electron chi connectivity index (χ0n) is 10.1. The Kier molecular flexibility index (Phi) is 4.08. The van der Waals surface area contributed by atoms with Gasteiger partial charge in [-0.3, -0.25) is 4.79 Å². The van der Waals surface area contributed by atoms with Crippen LogP contribution in [0.3, 0.4) is 0 Å². The molecule has 19 heavy (non-hydrogen) atoms. The Balaban J connectivity index is 2.38. The summed E-state index contributed by atoms with van der Waals surface area (Å²) in [5.41, 5.74) is 0.845. The molecule has 1 amide bonds. The van der Waals surface area contributed by atoms with Crippen LogP contribution in [0.5, 0.6) is 0 Å². The van der Waals surface area contributed by atoms with Crippen molar-refractivity contribution in [2.45, 2.75) is 13.0 Å². The highest BCUT2D eigenvalue weighted by molar-refractivity contribution is 6.31. The Morgan fingerprint density at radius 3 is 3.00 bits per heavy atom. The van der Waals surface area contributed by atoms with Gasteiger partial charge in [0.2, 0.25) is 0 Å². The highest BCUT2D eigenvalue weighted by Gasteiger charge is 2.16. The maximum absolute atomic E-state index is 12.1. The van der Waals surface area contributed by atoms with Crippen LogP contribution in [0.1, 0.15) is 17.3 Å². The van der Waals surface area contributed by atoms with Crippen molar-refractivity contribution in [3.63, 3.8) is 0 Å². The molecule has 0 bridgehead atoms. The van der Waals surface area contributed by atoms with Crippen LogP contribution in [0, 0.1) is 0 Å². The first kappa shape index (κ1) is 13.4. The topological polar surface area (TPSA) is 92.9 Å². The molecule has 2 N–H and O–H groups in total. The maximum atomic E-state index is 12.1. The predicted octanol–water partition coefficient (Wildman–Crippen LogP) is 0.426. The quantitative estimate of drug-likeness (QED) is 0.847. The van der Waals surface area contributed by atoms with E-state index in [1.54, 1.807) is 19.1 Å². The summed E-state index contributed by atoms with van der Waals surface area (Å²) in [5, 5.41) is 22.8. The minimum atomic E-state index is -0.354. The molecule has 8 heteroatoms. The third-order valence-corrected chi connectivity index (χ3v) is 2.69. The van der Waals surface area contributed by atoms with Gasteiger partial charge in [-0.05, 0) is 35.5 Å². The Hall–Kier alpha value is -1.99. The zero-order valence-corrected chi connectivity index (χ0v) is 10.9. The number of aliphatic hydroxyl groups is 1. The third-order valence-electron chi connectivity index (χ3n) is 2.45. The SMILES string of the molecule is C[C@@H](CO)NC(=O)c1cc(Cl)ccc1-n1cnnn1. The van der Waals surface area contributed by atoms with E-state index in [-0.39, 0.29) is 18.6 Å². The monoisotopic (exact) mass is 281 g/mol. The molecule has 0 unspecified atom stereocenters. The van der Waals surface area contributed by atoms with Gasteiger partial charge in [-0.2, -0.15) is 4.68 Å². The molecule has 0 fully saturated rings. The summed E-state index contributed by atoms with van der Waals surface area (Å²) in [6.45, 7) is 1.55. The van der Waals surface area contributed by atoms with Crippen LogP contribution in [-0.2, 0) is 0 Å². The molecule has 0 spiro atoms. The van der Waals surface area contributed by atoms with Gasteiger partial charge in [0.05, 0.1) is 17.9 Å². The van der Waals surface area contributed by atoms with Gasteiger partial charge in [0, 0.05) is 11.1 Å². The average molecular weight is 282 g/mol. The normalized spacial score (nSPS) is 12.2. The van der Waals surface area contributed by atoms with Crippen LogP contribution in [-0.4, -0.2) is 43.9 Å². The molecular formula is C11H12ClN5O2. The van der Waals surface area contributed by atoms with Crippen molar-refractivity contribution in [3.05, 3.63) is 35.1 Å². The van der Waals surface area contributed by atoms with Crippen molar-refractivity contribution >= 4 is 17.5 Å².